The van der Waals surface area contributed by atoms with Crippen LogP contribution in [0.5, 0.6) is 5.75 Å². The summed E-state index contributed by atoms with van der Waals surface area (Å²) in [6.45, 7) is 2.06. The zero-order valence-corrected chi connectivity index (χ0v) is 11.6. The first-order chi connectivity index (χ1) is 10.2. The molecule has 0 saturated heterocycles. The summed E-state index contributed by atoms with van der Waals surface area (Å²) in [5, 5.41) is 12.5. The van der Waals surface area contributed by atoms with E-state index in [1.807, 2.05) is 6.07 Å². The van der Waals surface area contributed by atoms with Crippen LogP contribution in [0.25, 0.3) is 11.1 Å². The SMILES string of the molecule is Cc1ccc(-c2cnc(Nc3cccc(O)c3)nc2)cc1. The molecule has 0 fully saturated rings. The average molecular weight is 277 g/mol. The normalized spacial score (nSPS) is 10.3. The molecule has 21 heavy (non-hydrogen) atoms. The molecule has 0 radical (unpaired) electrons. The zero-order chi connectivity index (χ0) is 14.7. The molecule has 0 atom stereocenters. The van der Waals surface area contributed by atoms with Crippen LogP contribution in [0.15, 0.2) is 60.9 Å². The summed E-state index contributed by atoms with van der Waals surface area (Å²) in [6.07, 6.45) is 3.56. The van der Waals surface area contributed by atoms with Crippen LogP contribution in [0.4, 0.5) is 11.6 Å². The summed E-state index contributed by atoms with van der Waals surface area (Å²) in [4.78, 5) is 8.60. The summed E-state index contributed by atoms with van der Waals surface area (Å²) in [6, 6.07) is 15.1. The predicted octanol–water partition coefficient (Wildman–Crippen LogP) is 3.90. The second kappa shape index (κ2) is 5.63. The molecule has 0 spiro atoms. The molecule has 0 amide bonds. The number of hydrogen-bond acceptors (Lipinski definition) is 4. The molecule has 0 bridgehead atoms. The number of aromatic hydroxyl groups is 1. The van der Waals surface area contributed by atoms with E-state index >= 15 is 0 Å². The van der Waals surface area contributed by atoms with Gasteiger partial charge in [0.25, 0.3) is 0 Å². The summed E-state index contributed by atoms with van der Waals surface area (Å²) in [5.74, 6) is 0.702. The number of anilines is 2. The van der Waals surface area contributed by atoms with Gasteiger partial charge in [0.1, 0.15) is 5.75 Å². The fourth-order valence-electron chi connectivity index (χ4n) is 2.00. The fraction of sp³-hybridized carbons (Fsp3) is 0.0588. The lowest BCUT2D eigenvalue weighted by Gasteiger charge is -2.06. The maximum atomic E-state index is 9.43. The van der Waals surface area contributed by atoms with Gasteiger partial charge in [-0.3, -0.25) is 0 Å². The Kier molecular flexibility index (Phi) is 3.51. The zero-order valence-electron chi connectivity index (χ0n) is 11.6. The topological polar surface area (TPSA) is 58.0 Å². The summed E-state index contributed by atoms with van der Waals surface area (Å²) in [5.41, 5.74) is 4.03. The van der Waals surface area contributed by atoms with Crippen LogP contribution in [0.3, 0.4) is 0 Å². The molecule has 1 aromatic heterocycles. The molecule has 4 nitrogen and oxygen atoms in total. The van der Waals surface area contributed by atoms with Crippen molar-refractivity contribution in [3.8, 4) is 16.9 Å². The lowest BCUT2D eigenvalue weighted by atomic mass is 10.1. The second-order valence-electron chi connectivity index (χ2n) is 4.84. The van der Waals surface area contributed by atoms with E-state index in [0.717, 1.165) is 16.8 Å². The number of phenols is 1. The number of nitrogens with one attached hydrogen (secondary N) is 1. The molecule has 3 rings (SSSR count). The Balaban J connectivity index is 1.79. The van der Waals surface area contributed by atoms with Gasteiger partial charge < -0.3 is 10.4 Å². The molecule has 0 aliphatic carbocycles. The van der Waals surface area contributed by atoms with Crippen molar-refractivity contribution in [2.45, 2.75) is 6.92 Å². The molecule has 0 aliphatic heterocycles. The number of hydrogen-bond donors (Lipinski definition) is 2. The highest BCUT2D eigenvalue weighted by Gasteiger charge is 2.01. The molecule has 2 aromatic carbocycles. The number of nitrogens with zero attached hydrogens (tertiary/aromatic N) is 2. The smallest absolute Gasteiger partial charge is 0.227 e. The van der Waals surface area contributed by atoms with Crippen LogP contribution in [0.2, 0.25) is 0 Å². The Morgan fingerprint density at radius 1 is 0.905 bits per heavy atom. The summed E-state index contributed by atoms with van der Waals surface area (Å²) >= 11 is 0. The highest BCUT2D eigenvalue weighted by Crippen LogP contribution is 2.21. The minimum Gasteiger partial charge on any atom is -0.508 e. The molecule has 2 N–H and O–H groups in total. The van der Waals surface area contributed by atoms with Gasteiger partial charge in [-0.15, -0.1) is 0 Å². The van der Waals surface area contributed by atoms with Gasteiger partial charge in [0.2, 0.25) is 5.95 Å². The van der Waals surface area contributed by atoms with E-state index in [9.17, 15) is 5.11 Å². The molecular weight excluding hydrogens is 262 g/mol. The van der Waals surface area contributed by atoms with E-state index in [-0.39, 0.29) is 5.75 Å². The third-order valence-corrected chi connectivity index (χ3v) is 3.14. The highest BCUT2D eigenvalue weighted by molar-refractivity contribution is 5.63. The monoisotopic (exact) mass is 277 g/mol. The molecule has 4 heteroatoms. The van der Waals surface area contributed by atoms with E-state index in [1.54, 1.807) is 30.6 Å². The first-order valence-corrected chi connectivity index (χ1v) is 6.66. The van der Waals surface area contributed by atoms with Crippen LogP contribution < -0.4 is 5.32 Å². The minimum absolute atomic E-state index is 0.205. The number of phenolic OH excluding ortho intramolecular Hbond substituents is 1. The maximum absolute atomic E-state index is 9.43. The largest absolute Gasteiger partial charge is 0.508 e. The van der Waals surface area contributed by atoms with Crippen molar-refractivity contribution >= 4 is 11.6 Å². The van der Waals surface area contributed by atoms with Crippen molar-refractivity contribution in [2.24, 2.45) is 0 Å². The molecule has 3 aromatic rings. The number of rotatable bonds is 3. The van der Waals surface area contributed by atoms with Crippen molar-refractivity contribution in [2.75, 3.05) is 5.32 Å². The van der Waals surface area contributed by atoms with Crippen LogP contribution >= 0.6 is 0 Å². The van der Waals surface area contributed by atoms with Crippen LogP contribution in [-0.2, 0) is 0 Å². The third kappa shape index (κ3) is 3.17. The van der Waals surface area contributed by atoms with Gasteiger partial charge in [0, 0.05) is 29.7 Å². The highest BCUT2D eigenvalue weighted by atomic mass is 16.3. The molecule has 104 valence electrons. The second-order valence-corrected chi connectivity index (χ2v) is 4.84. The van der Waals surface area contributed by atoms with Crippen molar-refractivity contribution in [1.29, 1.82) is 0 Å². The van der Waals surface area contributed by atoms with Gasteiger partial charge in [0.15, 0.2) is 0 Å². The molecular formula is C17H15N3O. The van der Waals surface area contributed by atoms with Crippen LogP contribution in [0, 0.1) is 6.92 Å². The Labute approximate surface area is 123 Å². The van der Waals surface area contributed by atoms with E-state index in [0.29, 0.717) is 5.95 Å². The van der Waals surface area contributed by atoms with E-state index in [2.05, 4.69) is 46.5 Å². The van der Waals surface area contributed by atoms with Gasteiger partial charge in [0.05, 0.1) is 0 Å². The molecule has 0 saturated carbocycles. The number of benzene rings is 2. The maximum Gasteiger partial charge on any atom is 0.227 e. The van der Waals surface area contributed by atoms with E-state index < -0.39 is 0 Å². The standard InChI is InChI=1S/C17H15N3O/c1-12-5-7-13(8-6-12)14-10-18-17(19-11-14)20-15-3-2-4-16(21)9-15/h2-11,21H,1H3,(H,18,19,20). The summed E-state index contributed by atoms with van der Waals surface area (Å²) in [7, 11) is 0. The van der Waals surface area contributed by atoms with Gasteiger partial charge in [-0.2, -0.15) is 0 Å². The Bertz CT molecular complexity index is 737. The number of aryl methyl sites for hydroxylation is 1. The predicted molar refractivity (Wildman–Crippen MR) is 83.6 cm³/mol. The van der Waals surface area contributed by atoms with Crippen molar-refractivity contribution in [3.05, 3.63) is 66.5 Å². The van der Waals surface area contributed by atoms with Gasteiger partial charge >= 0.3 is 0 Å². The Morgan fingerprint density at radius 2 is 1.62 bits per heavy atom. The Hall–Kier alpha value is -2.88. The first-order valence-electron chi connectivity index (χ1n) is 6.66. The van der Waals surface area contributed by atoms with Crippen molar-refractivity contribution in [3.63, 3.8) is 0 Å². The van der Waals surface area contributed by atoms with E-state index in [1.165, 1.54) is 5.56 Å². The van der Waals surface area contributed by atoms with Crippen molar-refractivity contribution < 1.29 is 5.11 Å². The van der Waals surface area contributed by atoms with Crippen molar-refractivity contribution in [1.82, 2.24) is 9.97 Å². The van der Waals surface area contributed by atoms with E-state index in [4.69, 9.17) is 0 Å². The summed E-state index contributed by atoms with van der Waals surface area (Å²) < 4.78 is 0. The fourth-order valence-corrected chi connectivity index (χ4v) is 2.00. The van der Waals surface area contributed by atoms with Gasteiger partial charge in [-0.25, -0.2) is 9.97 Å². The third-order valence-electron chi connectivity index (χ3n) is 3.14. The number of aromatic nitrogens is 2. The molecule has 0 unspecified atom stereocenters. The minimum atomic E-state index is 0.205. The Morgan fingerprint density at radius 3 is 2.29 bits per heavy atom. The lowest BCUT2D eigenvalue weighted by Crippen LogP contribution is -1.96. The average Bonchev–Trinajstić information content (AvgIpc) is 2.49. The van der Waals surface area contributed by atoms with Gasteiger partial charge in [-0.05, 0) is 24.6 Å². The quantitative estimate of drug-likeness (QED) is 0.762. The van der Waals surface area contributed by atoms with Gasteiger partial charge in [-0.1, -0.05) is 35.9 Å². The lowest BCUT2D eigenvalue weighted by molar-refractivity contribution is 0.475. The van der Waals surface area contributed by atoms with Crippen LogP contribution in [-0.4, -0.2) is 15.1 Å². The molecule has 0 aliphatic rings. The molecule has 1 heterocycles. The van der Waals surface area contributed by atoms with Crippen LogP contribution in [0.1, 0.15) is 5.56 Å². The first kappa shape index (κ1) is 13.1.